The van der Waals surface area contributed by atoms with Crippen LogP contribution in [0.5, 0.6) is 5.75 Å². The zero-order valence-corrected chi connectivity index (χ0v) is 12.6. The van der Waals surface area contributed by atoms with Crippen molar-refractivity contribution >= 4 is 24.0 Å². The van der Waals surface area contributed by atoms with Gasteiger partial charge in [0.25, 0.3) is 0 Å². The van der Waals surface area contributed by atoms with Crippen LogP contribution in [-0.4, -0.2) is 18.6 Å². The smallest absolute Gasteiger partial charge is 0.241 e. The zero-order chi connectivity index (χ0) is 13.7. The molecule has 1 fully saturated rings. The minimum Gasteiger partial charge on any atom is -0.493 e. The minimum absolute atomic E-state index is 0. The molecule has 5 heteroatoms. The first-order chi connectivity index (χ1) is 9.19. The Morgan fingerprint density at radius 1 is 1.40 bits per heavy atom. The van der Waals surface area contributed by atoms with Crippen molar-refractivity contribution in [2.75, 3.05) is 11.9 Å². The Labute approximate surface area is 126 Å². The van der Waals surface area contributed by atoms with Crippen LogP contribution in [0.3, 0.4) is 0 Å². The molecule has 1 aromatic carbocycles. The highest BCUT2D eigenvalue weighted by Gasteiger charge is 2.21. The molecule has 3 N–H and O–H groups in total. The van der Waals surface area contributed by atoms with Crippen LogP contribution in [0.1, 0.15) is 32.6 Å². The van der Waals surface area contributed by atoms with E-state index < -0.39 is 6.04 Å². The average molecular weight is 299 g/mol. The molecule has 1 aromatic rings. The summed E-state index contributed by atoms with van der Waals surface area (Å²) in [4.78, 5) is 11.7. The number of hydrogen-bond acceptors (Lipinski definition) is 3. The van der Waals surface area contributed by atoms with Crippen LogP contribution in [0, 0.1) is 5.92 Å². The fraction of sp³-hybridized carbons (Fsp3) is 0.533. The summed E-state index contributed by atoms with van der Waals surface area (Å²) in [7, 11) is 0. The standard InChI is InChI=1S/C15H22N2O2.ClH/c1-2-3-14(16)15(18)17-12-6-8-13(9-7-12)19-10-11-4-5-11;/h6-9,11,14H,2-5,10,16H2,1H3,(H,17,18);1H. The molecule has 4 nitrogen and oxygen atoms in total. The number of nitrogens with one attached hydrogen (secondary N) is 1. The van der Waals surface area contributed by atoms with Gasteiger partial charge in [-0.1, -0.05) is 13.3 Å². The molecule has 1 atom stereocenters. The predicted molar refractivity (Wildman–Crippen MR) is 83.4 cm³/mol. The van der Waals surface area contributed by atoms with E-state index in [2.05, 4.69) is 5.32 Å². The molecule has 0 aromatic heterocycles. The molecule has 20 heavy (non-hydrogen) atoms. The quantitative estimate of drug-likeness (QED) is 0.813. The third kappa shape index (κ3) is 5.39. The van der Waals surface area contributed by atoms with Gasteiger partial charge in [-0.05, 0) is 49.4 Å². The Morgan fingerprint density at radius 2 is 2.05 bits per heavy atom. The lowest BCUT2D eigenvalue weighted by Gasteiger charge is -2.11. The van der Waals surface area contributed by atoms with Crippen molar-refractivity contribution in [3.63, 3.8) is 0 Å². The number of anilines is 1. The van der Waals surface area contributed by atoms with Gasteiger partial charge in [0.2, 0.25) is 5.91 Å². The van der Waals surface area contributed by atoms with Crippen molar-refractivity contribution in [1.29, 1.82) is 0 Å². The molecular formula is C15H23ClN2O2. The van der Waals surface area contributed by atoms with Gasteiger partial charge in [0.1, 0.15) is 5.75 Å². The number of halogens is 1. The van der Waals surface area contributed by atoms with E-state index in [1.165, 1.54) is 12.8 Å². The monoisotopic (exact) mass is 298 g/mol. The van der Waals surface area contributed by atoms with Gasteiger partial charge in [-0.2, -0.15) is 0 Å². The van der Waals surface area contributed by atoms with Crippen molar-refractivity contribution in [3.05, 3.63) is 24.3 Å². The molecule has 1 aliphatic rings. The summed E-state index contributed by atoms with van der Waals surface area (Å²) in [5.41, 5.74) is 6.52. The number of benzene rings is 1. The normalized spacial score (nSPS) is 15.1. The average Bonchev–Trinajstić information content (AvgIpc) is 3.22. The highest BCUT2D eigenvalue weighted by atomic mass is 35.5. The second kappa shape index (κ2) is 8.12. The molecule has 2 rings (SSSR count). The van der Waals surface area contributed by atoms with Crippen LogP contribution < -0.4 is 15.8 Å². The topological polar surface area (TPSA) is 64.4 Å². The van der Waals surface area contributed by atoms with Gasteiger partial charge in [-0.3, -0.25) is 4.79 Å². The summed E-state index contributed by atoms with van der Waals surface area (Å²) in [6.45, 7) is 2.81. The van der Waals surface area contributed by atoms with Gasteiger partial charge in [-0.25, -0.2) is 0 Å². The number of hydrogen-bond donors (Lipinski definition) is 2. The largest absolute Gasteiger partial charge is 0.493 e. The first kappa shape index (κ1) is 16.8. The number of carbonyl (C=O) groups is 1. The zero-order valence-electron chi connectivity index (χ0n) is 11.8. The number of ether oxygens (including phenoxy) is 1. The third-order valence-electron chi connectivity index (χ3n) is 3.24. The van der Waals surface area contributed by atoms with E-state index >= 15 is 0 Å². The van der Waals surface area contributed by atoms with Crippen LogP contribution in [-0.2, 0) is 4.79 Å². The Kier molecular flexibility index (Phi) is 6.82. The van der Waals surface area contributed by atoms with E-state index in [1.807, 2.05) is 31.2 Å². The summed E-state index contributed by atoms with van der Waals surface area (Å²) < 4.78 is 5.64. The van der Waals surface area contributed by atoms with Gasteiger partial charge >= 0.3 is 0 Å². The lowest BCUT2D eigenvalue weighted by atomic mass is 10.1. The minimum atomic E-state index is -0.434. The van der Waals surface area contributed by atoms with Crippen LogP contribution in [0.15, 0.2) is 24.3 Å². The van der Waals surface area contributed by atoms with Crippen LogP contribution >= 0.6 is 12.4 Å². The summed E-state index contributed by atoms with van der Waals surface area (Å²) in [6.07, 6.45) is 4.17. The van der Waals surface area contributed by atoms with E-state index in [0.29, 0.717) is 6.42 Å². The lowest BCUT2D eigenvalue weighted by Crippen LogP contribution is -2.35. The molecule has 0 aliphatic heterocycles. The van der Waals surface area contributed by atoms with Crippen LogP contribution in [0.4, 0.5) is 5.69 Å². The highest BCUT2D eigenvalue weighted by Crippen LogP contribution is 2.29. The van der Waals surface area contributed by atoms with E-state index in [9.17, 15) is 4.79 Å². The molecule has 1 aliphatic carbocycles. The van der Waals surface area contributed by atoms with E-state index in [0.717, 1.165) is 30.4 Å². The number of rotatable bonds is 7. The Bertz CT molecular complexity index is 418. The van der Waals surface area contributed by atoms with E-state index in [4.69, 9.17) is 10.5 Å². The SMILES string of the molecule is CCCC(N)C(=O)Nc1ccc(OCC2CC2)cc1.Cl. The van der Waals surface area contributed by atoms with Gasteiger partial charge in [0.05, 0.1) is 12.6 Å². The Hall–Kier alpha value is -1.26. The number of carbonyl (C=O) groups excluding carboxylic acids is 1. The van der Waals surface area contributed by atoms with E-state index in [-0.39, 0.29) is 18.3 Å². The van der Waals surface area contributed by atoms with Crippen molar-refractivity contribution in [2.24, 2.45) is 11.7 Å². The molecule has 0 spiro atoms. The maximum absolute atomic E-state index is 11.7. The maximum Gasteiger partial charge on any atom is 0.241 e. The fourth-order valence-corrected chi connectivity index (χ4v) is 1.81. The fourth-order valence-electron chi connectivity index (χ4n) is 1.81. The molecule has 1 saturated carbocycles. The second-order valence-corrected chi connectivity index (χ2v) is 5.16. The highest BCUT2D eigenvalue weighted by molar-refractivity contribution is 5.94. The van der Waals surface area contributed by atoms with Gasteiger partial charge in [0.15, 0.2) is 0 Å². The molecule has 112 valence electrons. The van der Waals surface area contributed by atoms with E-state index in [1.54, 1.807) is 0 Å². The van der Waals surface area contributed by atoms with Crippen molar-refractivity contribution in [2.45, 2.75) is 38.6 Å². The van der Waals surface area contributed by atoms with Crippen LogP contribution in [0.25, 0.3) is 0 Å². The number of nitrogens with two attached hydrogens (primary N) is 1. The first-order valence-corrected chi connectivity index (χ1v) is 6.98. The third-order valence-corrected chi connectivity index (χ3v) is 3.24. The lowest BCUT2D eigenvalue weighted by molar-refractivity contribution is -0.117. The molecule has 0 heterocycles. The Morgan fingerprint density at radius 3 is 2.60 bits per heavy atom. The molecule has 1 amide bonds. The Balaban J connectivity index is 0.00000200. The molecule has 0 bridgehead atoms. The summed E-state index contributed by atoms with van der Waals surface area (Å²) in [6, 6.07) is 7.01. The van der Waals surface area contributed by atoms with Crippen molar-refractivity contribution < 1.29 is 9.53 Å². The molecular weight excluding hydrogens is 276 g/mol. The number of amides is 1. The second-order valence-electron chi connectivity index (χ2n) is 5.16. The maximum atomic E-state index is 11.7. The molecule has 0 radical (unpaired) electrons. The van der Waals surface area contributed by atoms with Gasteiger partial charge in [0, 0.05) is 5.69 Å². The summed E-state index contributed by atoms with van der Waals surface area (Å²) >= 11 is 0. The predicted octanol–water partition coefficient (Wildman–Crippen LogP) is 2.96. The van der Waals surface area contributed by atoms with Gasteiger partial charge in [-0.15, -0.1) is 12.4 Å². The van der Waals surface area contributed by atoms with Crippen molar-refractivity contribution in [3.8, 4) is 5.75 Å². The first-order valence-electron chi connectivity index (χ1n) is 6.98. The van der Waals surface area contributed by atoms with Crippen LogP contribution in [0.2, 0.25) is 0 Å². The van der Waals surface area contributed by atoms with Crippen molar-refractivity contribution in [1.82, 2.24) is 0 Å². The summed E-state index contributed by atoms with van der Waals surface area (Å²) in [5.74, 6) is 1.46. The summed E-state index contributed by atoms with van der Waals surface area (Å²) in [5, 5.41) is 2.81. The molecule has 0 saturated heterocycles. The molecule has 1 unspecified atom stereocenters. The van der Waals surface area contributed by atoms with Gasteiger partial charge < -0.3 is 15.8 Å².